The van der Waals surface area contributed by atoms with Crippen molar-refractivity contribution in [2.45, 2.75) is 38.8 Å². The predicted molar refractivity (Wildman–Crippen MR) is 90.1 cm³/mol. The first-order valence-corrected chi connectivity index (χ1v) is 8.26. The molecule has 1 heterocycles. The zero-order valence-corrected chi connectivity index (χ0v) is 13.8. The lowest BCUT2D eigenvalue weighted by Crippen LogP contribution is -2.48. The summed E-state index contributed by atoms with van der Waals surface area (Å²) >= 11 is 0. The van der Waals surface area contributed by atoms with E-state index >= 15 is 0 Å². The quantitative estimate of drug-likeness (QED) is 0.787. The van der Waals surface area contributed by atoms with E-state index < -0.39 is 0 Å². The van der Waals surface area contributed by atoms with Crippen LogP contribution in [-0.2, 0) is 6.54 Å². The maximum absolute atomic E-state index is 12.1. The standard InChI is InChI=1S/C18H23N3O3/c1-18(12-22)9-5-8-15(18)21-17(23)20-11-16-19-10-14(24-16)13-6-3-2-4-7-13/h2-4,6-7,10,15,22H,5,8-9,11-12H2,1H3,(H2,20,21,23). The third kappa shape index (κ3) is 3.59. The van der Waals surface area contributed by atoms with Gasteiger partial charge in [0, 0.05) is 17.0 Å². The number of hydrogen-bond donors (Lipinski definition) is 3. The van der Waals surface area contributed by atoms with Gasteiger partial charge < -0.3 is 20.2 Å². The van der Waals surface area contributed by atoms with Crippen molar-refractivity contribution >= 4 is 6.03 Å². The number of amides is 2. The number of carbonyl (C=O) groups excluding carboxylic acids is 1. The molecular formula is C18H23N3O3. The monoisotopic (exact) mass is 329 g/mol. The van der Waals surface area contributed by atoms with E-state index in [1.165, 1.54) is 0 Å². The molecule has 0 spiro atoms. The van der Waals surface area contributed by atoms with E-state index in [2.05, 4.69) is 15.6 Å². The van der Waals surface area contributed by atoms with E-state index in [9.17, 15) is 9.90 Å². The number of aromatic nitrogens is 1. The molecule has 1 aromatic heterocycles. The van der Waals surface area contributed by atoms with Gasteiger partial charge >= 0.3 is 6.03 Å². The van der Waals surface area contributed by atoms with Crippen LogP contribution in [0.15, 0.2) is 40.9 Å². The molecule has 3 N–H and O–H groups in total. The van der Waals surface area contributed by atoms with Gasteiger partial charge in [-0.05, 0) is 12.8 Å². The van der Waals surface area contributed by atoms with Crippen LogP contribution < -0.4 is 10.6 Å². The molecule has 1 aromatic carbocycles. The SMILES string of the molecule is CC1(CO)CCCC1NC(=O)NCc1ncc(-c2ccccc2)o1. The average Bonchev–Trinajstić information content (AvgIpc) is 3.22. The van der Waals surface area contributed by atoms with Crippen LogP contribution in [0.4, 0.5) is 4.79 Å². The maximum Gasteiger partial charge on any atom is 0.315 e. The van der Waals surface area contributed by atoms with E-state index in [1.54, 1.807) is 6.20 Å². The molecule has 0 saturated heterocycles. The van der Waals surface area contributed by atoms with Crippen molar-refractivity contribution in [1.29, 1.82) is 0 Å². The van der Waals surface area contributed by atoms with E-state index in [-0.39, 0.29) is 30.6 Å². The summed E-state index contributed by atoms with van der Waals surface area (Å²) in [7, 11) is 0. The van der Waals surface area contributed by atoms with Crippen LogP contribution in [0, 0.1) is 5.41 Å². The lowest BCUT2D eigenvalue weighted by atomic mass is 9.86. The molecule has 3 rings (SSSR count). The minimum atomic E-state index is -0.263. The third-order valence-electron chi connectivity index (χ3n) is 4.76. The largest absolute Gasteiger partial charge is 0.439 e. The van der Waals surface area contributed by atoms with Crippen molar-refractivity contribution in [3.63, 3.8) is 0 Å². The highest BCUT2D eigenvalue weighted by molar-refractivity contribution is 5.74. The molecule has 2 unspecified atom stereocenters. The molecule has 1 aliphatic carbocycles. The predicted octanol–water partition coefficient (Wildman–Crippen LogP) is 2.69. The Balaban J connectivity index is 1.53. The zero-order chi connectivity index (χ0) is 17.0. The third-order valence-corrected chi connectivity index (χ3v) is 4.76. The molecule has 128 valence electrons. The molecule has 0 aliphatic heterocycles. The fourth-order valence-corrected chi connectivity index (χ4v) is 3.16. The molecular weight excluding hydrogens is 306 g/mol. The lowest BCUT2D eigenvalue weighted by Gasteiger charge is -2.29. The second kappa shape index (κ2) is 7.05. The van der Waals surface area contributed by atoms with Gasteiger partial charge in [0.15, 0.2) is 5.76 Å². The van der Waals surface area contributed by atoms with Crippen molar-refractivity contribution in [3.05, 3.63) is 42.4 Å². The van der Waals surface area contributed by atoms with Crippen LogP contribution in [0.5, 0.6) is 0 Å². The number of urea groups is 1. The van der Waals surface area contributed by atoms with Gasteiger partial charge in [0.25, 0.3) is 0 Å². The van der Waals surface area contributed by atoms with Gasteiger partial charge in [0.2, 0.25) is 5.89 Å². The van der Waals surface area contributed by atoms with Crippen LogP contribution in [0.25, 0.3) is 11.3 Å². The minimum absolute atomic E-state index is 0.00746. The molecule has 6 heteroatoms. The number of hydrogen-bond acceptors (Lipinski definition) is 4. The first-order valence-electron chi connectivity index (χ1n) is 8.26. The van der Waals surface area contributed by atoms with E-state index in [0.717, 1.165) is 24.8 Å². The van der Waals surface area contributed by atoms with Gasteiger partial charge in [-0.15, -0.1) is 0 Å². The number of nitrogens with zero attached hydrogens (tertiary/aromatic N) is 1. The maximum atomic E-state index is 12.1. The minimum Gasteiger partial charge on any atom is -0.439 e. The second-order valence-electron chi connectivity index (χ2n) is 6.57. The van der Waals surface area contributed by atoms with Crippen LogP contribution in [0.1, 0.15) is 32.1 Å². The summed E-state index contributed by atoms with van der Waals surface area (Å²) in [5.41, 5.74) is 0.714. The first kappa shape index (κ1) is 16.5. The summed E-state index contributed by atoms with van der Waals surface area (Å²) in [6.07, 6.45) is 4.49. The Kier molecular flexibility index (Phi) is 4.85. The van der Waals surface area contributed by atoms with Crippen LogP contribution in [0.2, 0.25) is 0 Å². The highest BCUT2D eigenvalue weighted by atomic mass is 16.4. The zero-order valence-electron chi connectivity index (χ0n) is 13.8. The van der Waals surface area contributed by atoms with Crippen molar-refractivity contribution in [2.75, 3.05) is 6.61 Å². The molecule has 24 heavy (non-hydrogen) atoms. The van der Waals surface area contributed by atoms with Gasteiger partial charge in [0.05, 0.1) is 19.3 Å². The molecule has 2 aromatic rings. The summed E-state index contributed by atoms with van der Waals surface area (Å²) in [5, 5.41) is 15.2. The smallest absolute Gasteiger partial charge is 0.315 e. The molecule has 0 radical (unpaired) electrons. The Bertz CT molecular complexity index is 686. The molecule has 1 aliphatic rings. The fraction of sp³-hybridized carbons (Fsp3) is 0.444. The van der Waals surface area contributed by atoms with Crippen LogP contribution in [0.3, 0.4) is 0 Å². The lowest BCUT2D eigenvalue weighted by molar-refractivity contribution is 0.121. The van der Waals surface area contributed by atoms with Crippen molar-refractivity contribution in [1.82, 2.24) is 15.6 Å². The van der Waals surface area contributed by atoms with Crippen molar-refractivity contribution in [2.24, 2.45) is 5.41 Å². The second-order valence-corrected chi connectivity index (χ2v) is 6.57. The van der Waals surface area contributed by atoms with Gasteiger partial charge in [0.1, 0.15) is 0 Å². The Labute approximate surface area is 141 Å². The van der Waals surface area contributed by atoms with Crippen LogP contribution in [-0.4, -0.2) is 28.8 Å². The average molecular weight is 329 g/mol. The molecule has 2 atom stereocenters. The Morgan fingerprint density at radius 2 is 2.21 bits per heavy atom. The van der Waals surface area contributed by atoms with Gasteiger partial charge in [-0.1, -0.05) is 43.7 Å². The van der Waals surface area contributed by atoms with Crippen molar-refractivity contribution < 1.29 is 14.3 Å². The van der Waals surface area contributed by atoms with Crippen molar-refractivity contribution in [3.8, 4) is 11.3 Å². The number of rotatable bonds is 5. The number of benzene rings is 1. The van der Waals surface area contributed by atoms with E-state index in [1.807, 2.05) is 37.3 Å². The molecule has 2 amide bonds. The summed E-state index contributed by atoms with van der Waals surface area (Å²) in [6.45, 7) is 2.31. The van der Waals surface area contributed by atoms with E-state index in [4.69, 9.17) is 4.42 Å². The molecule has 1 fully saturated rings. The number of oxazole rings is 1. The highest BCUT2D eigenvalue weighted by Crippen LogP contribution is 2.37. The molecule has 1 saturated carbocycles. The molecule has 6 nitrogen and oxygen atoms in total. The van der Waals surface area contributed by atoms with Gasteiger partial charge in [-0.25, -0.2) is 9.78 Å². The Hall–Kier alpha value is -2.34. The normalized spacial score (nSPS) is 23.2. The topological polar surface area (TPSA) is 87.4 Å². The number of aliphatic hydroxyl groups is 1. The van der Waals surface area contributed by atoms with E-state index in [0.29, 0.717) is 11.7 Å². The van der Waals surface area contributed by atoms with Gasteiger partial charge in [-0.3, -0.25) is 0 Å². The number of aliphatic hydroxyl groups excluding tert-OH is 1. The summed E-state index contributed by atoms with van der Waals surface area (Å²) in [6, 6.07) is 9.43. The van der Waals surface area contributed by atoms with Gasteiger partial charge in [-0.2, -0.15) is 0 Å². The summed E-state index contributed by atoms with van der Waals surface area (Å²) < 4.78 is 5.66. The number of carbonyl (C=O) groups is 1. The Morgan fingerprint density at radius 1 is 1.42 bits per heavy atom. The fourth-order valence-electron chi connectivity index (χ4n) is 3.16. The molecule has 0 bridgehead atoms. The highest BCUT2D eigenvalue weighted by Gasteiger charge is 2.39. The summed E-state index contributed by atoms with van der Waals surface area (Å²) in [5.74, 6) is 1.14. The Morgan fingerprint density at radius 3 is 2.96 bits per heavy atom. The first-order chi connectivity index (χ1) is 11.6. The van der Waals surface area contributed by atoms with Crippen LogP contribution >= 0.6 is 0 Å². The summed E-state index contributed by atoms with van der Waals surface area (Å²) in [4.78, 5) is 16.3. The number of nitrogens with one attached hydrogen (secondary N) is 2.